The van der Waals surface area contributed by atoms with Crippen molar-refractivity contribution < 1.29 is 18.3 Å². The molecule has 1 aliphatic carbocycles. The number of hydrogen-bond donors (Lipinski definition) is 3. The van der Waals surface area contributed by atoms with E-state index in [1.807, 2.05) is 37.3 Å². The molecule has 11 heteroatoms. The third-order valence-corrected chi connectivity index (χ3v) is 7.02. The van der Waals surface area contributed by atoms with Crippen LogP contribution >= 0.6 is 22.9 Å². The van der Waals surface area contributed by atoms with Gasteiger partial charge in [-0.1, -0.05) is 47.9 Å². The van der Waals surface area contributed by atoms with Crippen LogP contribution in [0.1, 0.15) is 34.7 Å². The van der Waals surface area contributed by atoms with Crippen molar-refractivity contribution in [1.82, 2.24) is 15.0 Å². The van der Waals surface area contributed by atoms with Gasteiger partial charge in [-0.25, -0.2) is 4.98 Å². The number of halogens is 4. The number of rotatable bonds is 7. The Hall–Kier alpha value is -2.87. The number of nitrogens with one attached hydrogen (secondary N) is 2. The summed E-state index contributed by atoms with van der Waals surface area (Å²) in [5, 5.41) is 15.6. The zero-order chi connectivity index (χ0) is 25.7. The van der Waals surface area contributed by atoms with Crippen LogP contribution in [0.25, 0.3) is 11.3 Å². The Kier molecular flexibility index (Phi) is 8.34. The molecule has 0 saturated heterocycles. The fourth-order valence-corrected chi connectivity index (χ4v) is 5.14. The Morgan fingerprint density at radius 2 is 1.83 bits per heavy atom. The van der Waals surface area contributed by atoms with Gasteiger partial charge < -0.3 is 15.7 Å². The molecule has 2 aromatic heterocycles. The summed E-state index contributed by atoms with van der Waals surface area (Å²) in [6, 6.07) is 9.66. The van der Waals surface area contributed by atoms with E-state index in [9.17, 15) is 18.3 Å². The first-order valence-electron chi connectivity index (χ1n) is 11.5. The summed E-state index contributed by atoms with van der Waals surface area (Å²) >= 11 is 7.83. The minimum atomic E-state index is -4.43. The smallest absolute Gasteiger partial charge is 0.396 e. The first-order valence-corrected chi connectivity index (χ1v) is 12.7. The molecule has 6 nitrogen and oxygen atoms in total. The van der Waals surface area contributed by atoms with Crippen LogP contribution in [-0.2, 0) is 0 Å². The van der Waals surface area contributed by atoms with Gasteiger partial charge in [-0.15, -0.1) is 11.3 Å². The number of anilines is 2. The minimum Gasteiger partial charge on any atom is -0.396 e. The summed E-state index contributed by atoms with van der Waals surface area (Å²) in [6.07, 6.45) is -1.69. The highest BCUT2D eigenvalue weighted by Gasteiger charge is 2.28. The molecule has 3 aromatic rings. The predicted octanol–water partition coefficient (Wildman–Crippen LogP) is 5.76. The van der Waals surface area contributed by atoms with E-state index in [0.717, 1.165) is 40.4 Å². The monoisotopic (exact) mass is 535 g/mol. The molecular weight excluding hydrogens is 511 g/mol. The third-order valence-electron chi connectivity index (χ3n) is 5.86. The van der Waals surface area contributed by atoms with E-state index in [2.05, 4.69) is 37.4 Å². The molecule has 1 saturated carbocycles. The maximum atomic E-state index is 12.7. The minimum absolute atomic E-state index is 0.0492. The van der Waals surface area contributed by atoms with Gasteiger partial charge in [-0.2, -0.15) is 23.1 Å². The van der Waals surface area contributed by atoms with Crippen LogP contribution in [0.3, 0.4) is 0 Å². The van der Waals surface area contributed by atoms with Gasteiger partial charge in [0.15, 0.2) is 5.15 Å². The quantitative estimate of drug-likeness (QED) is 0.264. The number of thiazole rings is 1. The molecule has 0 amide bonds. The molecular formula is C25H25ClF3N5OS. The highest BCUT2D eigenvalue weighted by molar-refractivity contribution is 7.12. The van der Waals surface area contributed by atoms with Crippen LogP contribution in [-0.4, -0.2) is 45.9 Å². The SMILES string of the molecule is Cc1nc(-c2ccccc2)c(C#Cc2c(Cl)nc(NCC(F)(F)F)nc2NCC2CCC(CO)C2)s1. The van der Waals surface area contributed by atoms with Gasteiger partial charge in [0, 0.05) is 18.7 Å². The average molecular weight is 536 g/mol. The number of benzene rings is 1. The lowest BCUT2D eigenvalue weighted by Gasteiger charge is -2.15. The number of nitrogens with zero attached hydrogens (tertiary/aromatic N) is 3. The van der Waals surface area contributed by atoms with E-state index in [4.69, 9.17) is 11.6 Å². The second-order valence-electron chi connectivity index (χ2n) is 8.67. The Labute approximate surface area is 216 Å². The lowest BCUT2D eigenvalue weighted by molar-refractivity contribution is -0.115. The van der Waals surface area contributed by atoms with E-state index in [0.29, 0.717) is 18.0 Å². The van der Waals surface area contributed by atoms with Crippen LogP contribution in [0, 0.1) is 30.6 Å². The highest BCUT2D eigenvalue weighted by atomic mass is 35.5. The fraction of sp³-hybridized carbons (Fsp3) is 0.400. The summed E-state index contributed by atoms with van der Waals surface area (Å²) in [6.45, 7) is 1.30. The normalized spacial score (nSPS) is 17.5. The lowest BCUT2D eigenvalue weighted by Crippen LogP contribution is -2.23. The Morgan fingerprint density at radius 1 is 1.08 bits per heavy atom. The summed E-state index contributed by atoms with van der Waals surface area (Å²) in [5.41, 5.74) is 1.98. The standard InChI is InChI=1S/C25H25ClF3N5OS/c1-15-32-21(18-5-3-2-4-6-18)20(36-15)10-9-19-22(26)33-24(31-14-25(27,28)29)34-23(19)30-12-16-7-8-17(11-16)13-35/h2-6,16-17,35H,7-8,11-14H2,1H3,(H2,30,31,33,34). The zero-order valence-corrected chi connectivity index (χ0v) is 21.1. The topological polar surface area (TPSA) is 83.0 Å². The van der Waals surface area contributed by atoms with Gasteiger partial charge in [0.2, 0.25) is 5.95 Å². The second-order valence-corrected chi connectivity index (χ2v) is 10.2. The van der Waals surface area contributed by atoms with Crippen molar-refractivity contribution in [3.05, 3.63) is 50.9 Å². The van der Waals surface area contributed by atoms with Crippen molar-refractivity contribution in [2.24, 2.45) is 11.8 Å². The Morgan fingerprint density at radius 3 is 2.53 bits per heavy atom. The number of aliphatic hydroxyl groups excluding tert-OH is 1. The lowest BCUT2D eigenvalue weighted by atomic mass is 10.1. The number of aryl methyl sites for hydroxylation is 1. The maximum absolute atomic E-state index is 12.7. The highest BCUT2D eigenvalue weighted by Crippen LogP contribution is 2.32. The summed E-state index contributed by atoms with van der Waals surface area (Å²) in [5.74, 6) is 6.75. The summed E-state index contributed by atoms with van der Waals surface area (Å²) < 4.78 is 38.2. The van der Waals surface area contributed by atoms with E-state index >= 15 is 0 Å². The zero-order valence-electron chi connectivity index (χ0n) is 19.5. The Bertz CT molecular complexity index is 1260. The van der Waals surface area contributed by atoms with E-state index in [1.165, 1.54) is 11.3 Å². The molecule has 0 bridgehead atoms. The van der Waals surface area contributed by atoms with Crippen molar-refractivity contribution in [3.63, 3.8) is 0 Å². The van der Waals surface area contributed by atoms with Crippen LogP contribution in [0.4, 0.5) is 24.9 Å². The first-order chi connectivity index (χ1) is 17.2. The fourth-order valence-electron chi connectivity index (χ4n) is 4.12. The molecule has 36 heavy (non-hydrogen) atoms. The summed E-state index contributed by atoms with van der Waals surface area (Å²) in [7, 11) is 0. The van der Waals surface area contributed by atoms with Gasteiger partial charge in [0.1, 0.15) is 22.8 Å². The van der Waals surface area contributed by atoms with Gasteiger partial charge in [-0.05, 0) is 43.9 Å². The van der Waals surface area contributed by atoms with Crippen molar-refractivity contribution >= 4 is 34.7 Å². The molecule has 0 radical (unpaired) electrons. The molecule has 4 rings (SSSR count). The van der Waals surface area contributed by atoms with Crippen molar-refractivity contribution in [2.75, 3.05) is 30.3 Å². The predicted molar refractivity (Wildman–Crippen MR) is 136 cm³/mol. The molecule has 3 N–H and O–H groups in total. The van der Waals surface area contributed by atoms with Crippen LogP contribution in [0.5, 0.6) is 0 Å². The van der Waals surface area contributed by atoms with Crippen LogP contribution < -0.4 is 10.6 Å². The molecule has 1 aliphatic rings. The van der Waals surface area contributed by atoms with Gasteiger partial charge in [0.05, 0.1) is 10.7 Å². The van der Waals surface area contributed by atoms with Crippen LogP contribution in [0.15, 0.2) is 30.3 Å². The number of alkyl halides is 3. The van der Waals surface area contributed by atoms with Gasteiger partial charge >= 0.3 is 6.18 Å². The van der Waals surface area contributed by atoms with Gasteiger partial charge in [-0.3, -0.25) is 0 Å². The van der Waals surface area contributed by atoms with Gasteiger partial charge in [0.25, 0.3) is 0 Å². The molecule has 0 aliphatic heterocycles. The largest absolute Gasteiger partial charge is 0.405 e. The van der Waals surface area contributed by atoms with Crippen LogP contribution in [0.2, 0.25) is 5.15 Å². The summed E-state index contributed by atoms with van der Waals surface area (Å²) in [4.78, 5) is 13.6. The van der Waals surface area contributed by atoms with E-state index in [1.54, 1.807) is 0 Å². The molecule has 190 valence electrons. The average Bonchev–Trinajstić information content (AvgIpc) is 3.47. The third kappa shape index (κ3) is 6.87. The molecule has 2 unspecified atom stereocenters. The van der Waals surface area contributed by atoms with Crippen molar-refractivity contribution in [3.8, 4) is 23.1 Å². The molecule has 1 fully saturated rings. The second kappa shape index (κ2) is 11.5. The molecule has 1 aromatic carbocycles. The maximum Gasteiger partial charge on any atom is 0.405 e. The number of hydrogen-bond acceptors (Lipinski definition) is 7. The molecule has 0 spiro atoms. The number of aromatic nitrogens is 3. The van der Waals surface area contributed by atoms with Crippen molar-refractivity contribution in [1.29, 1.82) is 0 Å². The van der Waals surface area contributed by atoms with Crippen molar-refractivity contribution in [2.45, 2.75) is 32.4 Å². The Balaban J connectivity index is 1.64. The molecule has 2 heterocycles. The molecule has 2 atom stereocenters. The first kappa shape index (κ1) is 26.2. The van der Waals surface area contributed by atoms with E-state index in [-0.39, 0.29) is 29.4 Å². The number of aliphatic hydroxyl groups is 1. The van der Waals surface area contributed by atoms with E-state index < -0.39 is 12.7 Å².